The van der Waals surface area contributed by atoms with Crippen molar-refractivity contribution in [3.63, 3.8) is 0 Å². The molecule has 10 heavy (non-hydrogen) atoms. The molecule has 3 N–H and O–H groups in total. The molecule has 0 unspecified atom stereocenters. The molecule has 0 saturated heterocycles. The third kappa shape index (κ3) is 7.88. The summed E-state index contributed by atoms with van der Waals surface area (Å²) in [5.41, 5.74) is 4.52. The molecule has 0 saturated carbocycles. The van der Waals surface area contributed by atoms with Gasteiger partial charge in [-0.3, -0.25) is 0 Å². The summed E-state index contributed by atoms with van der Waals surface area (Å²) in [5, 5.41) is 9.16. The normalized spacial score (nSPS) is 12.0. The number of rotatable bonds is 5. The molecule has 0 fully saturated rings. The SMILES string of the molecule is CC(C)(O)COCCCN. The van der Waals surface area contributed by atoms with Crippen molar-refractivity contribution in [1.29, 1.82) is 0 Å². The number of nitrogens with two attached hydrogens (primary N) is 1. The standard InChI is InChI=1S/C7H17NO2/c1-7(2,9)6-10-5-3-4-8/h9H,3-6,8H2,1-2H3. The van der Waals surface area contributed by atoms with E-state index < -0.39 is 5.60 Å². The van der Waals surface area contributed by atoms with Gasteiger partial charge in [-0.1, -0.05) is 0 Å². The Labute approximate surface area is 62.2 Å². The Balaban J connectivity index is 3.04. The Morgan fingerprint density at radius 1 is 1.50 bits per heavy atom. The summed E-state index contributed by atoms with van der Waals surface area (Å²) in [6.07, 6.45) is 0.857. The Morgan fingerprint density at radius 2 is 2.10 bits per heavy atom. The summed E-state index contributed by atoms with van der Waals surface area (Å²) in [7, 11) is 0. The third-order valence-electron chi connectivity index (χ3n) is 0.948. The van der Waals surface area contributed by atoms with Gasteiger partial charge in [0.2, 0.25) is 0 Å². The van der Waals surface area contributed by atoms with Crippen LogP contribution in [-0.2, 0) is 4.74 Å². The highest BCUT2D eigenvalue weighted by Crippen LogP contribution is 2.00. The molecule has 0 aliphatic rings. The molecule has 0 aromatic rings. The van der Waals surface area contributed by atoms with Gasteiger partial charge < -0.3 is 15.6 Å². The predicted molar refractivity (Wildman–Crippen MR) is 40.8 cm³/mol. The maximum absolute atomic E-state index is 9.16. The lowest BCUT2D eigenvalue weighted by Gasteiger charge is -2.16. The van der Waals surface area contributed by atoms with E-state index in [1.807, 2.05) is 0 Å². The van der Waals surface area contributed by atoms with E-state index in [0.29, 0.717) is 19.8 Å². The number of hydrogen-bond donors (Lipinski definition) is 2. The van der Waals surface area contributed by atoms with Crippen molar-refractivity contribution in [1.82, 2.24) is 0 Å². The second-order valence-electron chi connectivity index (χ2n) is 3.01. The molecule has 62 valence electrons. The summed E-state index contributed by atoms with van der Waals surface area (Å²) in [4.78, 5) is 0. The van der Waals surface area contributed by atoms with Crippen molar-refractivity contribution in [2.45, 2.75) is 25.9 Å². The van der Waals surface area contributed by atoms with Gasteiger partial charge in [-0.2, -0.15) is 0 Å². The van der Waals surface area contributed by atoms with Crippen molar-refractivity contribution >= 4 is 0 Å². The van der Waals surface area contributed by atoms with Crippen LogP contribution in [0.5, 0.6) is 0 Å². The Bertz CT molecular complexity index is 78.2. The van der Waals surface area contributed by atoms with Crippen LogP contribution in [0.25, 0.3) is 0 Å². The van der Waals surface area contributed by atoms with E-state index in [4.69, 9.17) is 15.6 Å². The largest absolute Gasteiger partial charge is 0.388 e. The van der Waals surface area contributed by atoms with Crippen LogP contribution in [0.3, 0.4) is 0 Å². The lowest BCUT2D eigenvalue weighted by molar-refractivity contribution is -0.0208. The molecule has 0 spiro atoms. The van der Waals surface area contributed by atoms with Crippen molar-refractivity contribution < 1.29 is 9.84 Å². The molecule has 0 heterocycles. The first-order chi connectivity index (χ1) is 4.56. The summed E-state index contributed by atoms with van der Waals surface area (Å²) in [5.74, 6) is 0. The average molecular weight is 147 g/mol. The van der Waals surface area contributed by atoms with Gasteiger partial charge in [-0.25, -0.2) is 0 Å². The van der Waals surface area contributed by atoms with E-state index in [1.54, 1.807) is 13.8 Å². The quantitative estimate of drug-likeness (QED) is 0.543. The van der Waals surface area contributed by atoms with Gasteiger partial charge >= 0.3 is 0 Å². The molecule has 0 aromatic heterocycles. The zero-order valence-electron chi connectivity index (χ0n) is 6.76. The van der Waals surface area contributed by atoms with Crippen molar-refractivity contribution in [2.75, 3.05) is 19.8 Å². The first-order valence-corrected chi connectivity index (χ1v) is 3.56. The molecule has 0 bridgehead atoms. The van der Waals surface area contributed by atoms with Crippen LogP contribution in [0.2, 0.25) is 0 Å². The summed E-state index contributed by atoms with van der Waals surface area (Å²) >= 11 is 0. The van der Waals surface area contributed by atoms with E-state index >= 15 is 0 Å². The highest BCUT2D eigenvalue weighted by Gasteiger charge is 2.11. The van der Waals surface area contributed by atoms with E-state index in [2.05, 4.69) is 0 Å². The topological polar surface area (TPSA) is 55.5 Å². The monoisotopic (exact) mass is 147 g/mol. The Kier molecular flexibility index (Phi) is 4.60. The number of ether oxygens (including phenoxy) is 1. The van der Waals surface area contributed by atoms with Crippen molar-refractivity contribution in [3.8, 4) is 0 Å². The lowest BCUT2D eigenvalue weighted by Crippen LogP contribution is -2.26. The molecule has 0 aromatic carbocycles. The predicted octanol–water partition coefficient (Wildman–Crippen LogP) is 0.123. The van der Waals surface area contributed by atoms with Crippen molar-refractivity contribution in [3.05, 3.63) is 0 Å². The Hall–Kier alpha value is -0.120. The maximum Gasteiger partial charge on any atom is 0.0824 e. The summed E-state index contributed by atoms with van der Waals surface area (Å²) in [6, 6.07) is 0. The highest BCUT2D eigenvalue weighted by molar-refractivity contribution is 4.62. The molecular weight excluding hydrogens is 130 g/mol. The minimum atomic E-state index is -0.714. The molecular formula is C7H17NO2. The van der Waals surface area contributed by atoms with Crippen LogP contribution >= 0.6 is 0 Å². The van der Waals surface area contributed by atoms with Gasteiger partial charge in [0, 0.05) is 6.61 Å². The molecule has 0 radical (unpaired) electrons. The third-order valence-corrected chi connectivity index (χ3v) is 0.948. The van der Waals surface area contributed by atoms with Crippen LogP contribution < -0.4 is 5.73 Å². The lowest BCUT2D eigenvalue weighted by atomic mass is 10.2. The zero-order valence-corrected chi connectivity index (χ0v) is 6.76. The van der Waals surface area contributed by atoms with Gasteiger partial charge in [0.1, 0.15) is 0 Å². The van der Waals surface area contributed by atoms with E-state index in [-0.39, 0.29) is 0 Å². The number of aliphatic hydroxyl groups is 1. The van der Waals surface area contributed by atoms with Crippen LogP contribution in [0.1, 0.15) is 20.3 Å². The minimum Gasteiger partial charge on any atom is -0.388 e. The first kappa shape index (κ1) is 9.88. The fraction of sp³-hybridized carbons (Fsp3) is 1.00. The van der Waals surface area contributed by atoms with Gasteiger partial charge in [0.25, 0.3) is 0 Å². The molecule has 3 heteroatoms. The smallest absolute Gasteiger partial charge is 0.0824 e. The maximum atomic E-state index is 9.16. The van der Waals surface area contributed by atoms with Crippen LogP contribution in [0.15, 0.2) is 0 Å². The van der Waals surface area contributed by atoms with E-state index in [1.165, 1.54) is 0 Å². The summed E-state index contributed by atoms with van der Waals surface area (Å²) in [6.45, 7) is 5.10. The van der Waals surface area contributed by atoms with Crippen molar-refractivity contribution in [2.24, 2.45) is 5.73 Å². The molecule has 0 amide bonds. The van der Waals surface area contributed by atoms with Gasteiger partial charge in [-0.05, 0) is 26.8 Å². The molecule has 0 rings (SSSR count). The zero-order chi connectivity index (χ0) is 8.04. The summed E-state index contributed by atoms with van der Waals surface area (Å²) < 4.78 is 5.11. The second kappa shape index (κ2) is 4.66. The van der Waals surface area contributed by atoms with E-state index in [9.17, 15) is 0 Å². The van der Waals surface area contributed by atoms with Gasteiger partial charge in [-0.15, -0.1) is 0 Å². The molecule has 0 aliphatic carbocycles. The van der Waals surface area contributed by atoms with Crippen LogP contribution in [0.4, 0.5) is 0 Å². The first-order valence-electron chi connectivity index (χ1n) is 3.56. The molecule has 0 aliphatic heterocycles. The second-order valence-corrected chi connectivity index (χ2v) is 3.01. The van der Waals surface area contributed by atoms with Crippen LogP contribution in [-0.4, -0.2) is 30.5 Å². The van der Waals surface area contributed by atoms with E-state index in [0.717, 1.165) is 6.42 Å². The minimum absolute atomic E-state index is 0.382. The number of hydrogen-bond acceptors (Lipinski definition) is 3. The Morgan fingerprint density at radius 3 is 2.50 bits per heavy atom. The molecule has 3 nitrogen and oxygen atoms in total. The fourth-order valence-electron chi connectivity index (χ4n) is 0.507. The fourth-order valence-corrected chi connectivity index (χ4v) is 0.507. The van der Waals surface area contributed by atoms with Gasteiger partial charge in [0.15, 0.2) is 0 Å². The average Bonchev–Trinajstić information content (AvgIpc) is 1.78. The van der Waals surface area contributed by atoms with Crippen LogP contribution in [0, 0.1) is 0 Å². The van der Waals surface area contributed by atoms with Gasteiger partial charge in [0.05, 0.1) is 12.2 Å². The highest BCUT2D eigenvalue weighted by atomic mass is 16.5. The molecule has 0 atom stereocenters.